The second kappa shape index (κ2) is 7.49. The van der Waals surface area contributed by atoms with Crippen LogP contribution in [0.25, 0.3) is 0 Å². The highest BCUT2D eigenvalue weighted by Crippen LogP contribution is 2.27. The van der Waals surface area contributed by atoms with E-state index in [1.54, 1.807) is 0 Å². The van der Waals surface area contributed by atoms with Gasteiger partial charge in [0.1, 0.15) is 0 Å². The molecule has 1 atom stereocenters. The number of likely N-dealkylation sites (tertiary alicyclic amines) is 1. The molecule has 1 saturated heterocycles. The van der Waals surface area contributed by atoms with E-state index in [1.165, 1.54) is 11.1 Å². The van der Waals surface area contributed by atoms with Crippen molar-refractivity contribution in [3.63, 3.8) is 0 Å². The van der Waals surface area contributed by atoms with Crippen LogP contribution in [-0.4, -0.2) is 52.6 Å². The molecule has 1 N–H and O–H groups in total. The molecule has 24 heavy (non-hydrogen) atoms. The van der Waals surface area contributed by atoms with Gasteiger partial charge in [0.05, 0.1) is 12.0 Å². The van der Waals surface area contributed by atoms with E-state index in [0.29, 0.717) is 19.5 Å². The molecule has 0 bridgehead atoms. The highest BCUT2D eigenvalue weighted by Gasteiger charge is 2.36. The van der Waals surface area contributed by atoms with E-state index in [4.69, 9.17) is 0 Å². The predicted octanol–water partition coefficient (Wildman–Crippen LogP) is 2.58. The standard InChI is InChI=1S/C20H28N2O2/c1-17-8-12-22(13-9-17)19(23)14-20(24)10-5-11-21(16-20)15-18-6-3-2-4-7-18/h2-4,6-8,24H,5,9-16H2,1H3. The van der Waals surface area contributed by atoms with Crippen LogP contribution in [0.3, 0.4) is 0 Å². The maximum atomic E-state index is 12.6. The zero-order chi connectivity index (χ0) is 17.0. The van der Waals surface area contributed by atoms with Crippen LogP contribution in [0.4, 0.5) is 0 Å². The van der Waals surface area contributed by atoms with Gasteiger partial charge in [-0.1, -0.05) is 42.0 Å². The summed E-state index contributed by atoms with van der Waals surface area (Å²) >= 11 is 0. The molecule has 2 heterocycles. The summed E-state index contributed by atoms with van der Waals surface area (Å²) in [6.07, 6.45) is 4.96. The van der Waals surface area contributed by atoms with Crippen molar-refractivity contribution < 1.29 is 9.90 Å². The van der Waals surface area contributed by atoms with Gasteiger partial charge < -0.3 is 10.0 Å². The first-order chi connectivity index (χ1) is 11.5. The Morgan fingerprint density at radius 2 is 2.04 bits per heavy atom. The molecule has 0 spiro atoms. The number of β-amino-alcohol motifs (C(OH)–C–C–N with tert-alkyl or cyclic N) is 1. The second-order valence-corrected chi connectivity index (χ2v) is 7.34. The van der Waals surface area contributed by atoms with E-state index < -0.39 is 5.60 Å². The first-order valence-electron chi connectivity index (χ1n) is 8.96. The quantitative estimate of drug-likeness (QED) is 0.864. The van der Waals surface area contributed by atoms with Gasteiger partial charge in [-0.15, -0.1) is 0 Å². The molecule has 1 unspecified atom stereocenters. The van der Waals surface area contributed by atoms with E-state index in [0.717, 1.165) is 32.5 Å². The van der Waals surface area contributed by atoms with Crippen LogP contribution in [0.1, 0.15) is 38.2 Å². The lowest BCUT2D eigenvalue weighted by molar-refractivity contribution is -0.138. The van der Waals surface area contributed by atoms with Crippen molar-refractivity contribution in [3.05, 3.63) is 47.5 Å². The lowest BCUT2D eigenvalue weighted by Gasteiger charge is -2.40. The van der Waals surface area contributed by atoms with Crippen molar-refractivity contribution in [1.29, 1.82) is 0 Å². The Morgan fingerprint density at radius 3 is 2.75 bits per heavy atom. The Bertz CT molecular complexity index is 599. The van der Waals surface area contributed by atoms with Gasteiger partial charge in [-0.3, -0.25) is 9.69 Å². The summed E-state index contributed by atoms with van der Waals surface area (Å²) in [4.78, 5) is 16.7. The number of rotatable bonds is 4. The molecule has 0 saturated carbocycles. The summed E-state index contributed by atoms with van der Waals surface area (Å²) in [7, 11) is 0. The van der Waals surface area contributed by atoms with E-state index in [9.17, 15) is 9.90 Å². The Morgan fingerprint density at radius 1 is 1.25 bits per heavy atom. The van der Waals surface area contributed by atoms with Crippen molar-refractivity contribution in [2.45, 2.75) is 44.8 Å². The zero-order valence-electron chi connectivity index (χ0n) is 14.6. The number of carbonyl (C=O) groups excluding carboxylic acids is 1. The molecule has 2 aliphatic rings. The number of nitrogens with zero attached hydrogens (tertiary/aromatic N) is 2. The first-order valence-corrected chi connectivity index (χ1v) is 8.96. The van der Waals surface area contributed by atoms with Crippen molar-refractivity contribution in [3.8, 4) is 0 Å². The number of carbonyl (C=O) groups is 1. The molecular weight excluding hydrogens is 300 g/mol. The first kappa shape index (κ1) is 17.2. The molecule has 3 rings (SSSR count). The van der Waals surface area contributed by atoms with E-state index in [-0.39, 0.29) is 12.3 Å². The maximum absolute atomic E-state index is 12.6. The molecule has 1 amide bonds. The van der Waals surface area contributed by atoms with Gasteiger partial charge in [-0.25, -0.2) is 0 Å². The van der Waals surface area contributed by atoms with Crippen LogP contribution in [0.15, 0.2) is 42.0 Å². The average molecular weight is 328 g/mol. The van der Waals surface area contributed by atoms with Crippen molar-refractivity contribution in [2.75, 3.05) is 26.2 Å². The van der Waals surface area contributed by atoms with Crippen molar-refractivity contribution in [2.24, 2.45) is 0 Å². The van der Waals surface area contributed by atoms with E-state index in [1.807, 2.05) is 23.1 Å². The minimum absolute atomic E-state index is 0.0859. The summed E-state index contributed by atoms with van der Waals surface area (Å²) in [5.74, 6) is 0.0859. The molecule has 130 valence electrons. The lowest BCUT2D eigenvalue weighted by Crippen LogP contribution is -2.51. The topological polar surface area (TPSA) is 43.8 Å². The molecule has 0 aromatic heterocycles. The Hall–Kier alpha value is -1.65. The highest BCUT2D eigenvalue weighted by molar-refractivity contribution is 5.77. The van der Waals surface area contributed by atoms with Crippen LogP contribution in [0.2, 0.25) is 0 Å². The molecule has 1 fully saturated rings. The second-order valence-electron chi connectivity index (χ2n) is 7.34. The minimum atomic E-state index is -0.889. The van der Waals surface area contributed by atoms with E-state index >= 15 is 0 Å². The van der Waals surface area contributed by atoms with Gasteiger partial charge in [-0.05, 0) is 38.3 Å². The number of amides is 1. The molecule has 0 radical (unpaired) electrons. The molecular formula is C20H28N2O2. The zero-order valence-corrected chi connectivity index (χ0v) is 14.6. The number of piperidine rings is 1. The average Bonchev–Trinajstić information content (AvgIpc) is 2.56. The minimum Gasteiger partial charge on any atom is -0.388 e. The van der Waals surface area contributed by atoms with Crippen LogP contribution in [0.5, 0.6) is 0 Å². The van der Waals surface area contributed by atoms with Crippen LogP contribution < -0.4 is 0 Å². The van der Waals surface area contributed by atoms with Gasteiger partial charge >= 0.3 is 0 Å². The van der Waals surface area contributed by atoms with Gasteiger partial charge in [0.25, 0.3) is 0 Å². The summed E-state index contributed by atoms with van der Waals surface area (Å²) < 4.78 is 0. The Kier molecular flexibility index (Phi) is 5.36. The molecule has 2 aliphatic heterocycles. The SMILES string of the molecule is CC1=CCN(C(=O)CC2(O)CCCN(Cc3ccccc3)C2)CC1. The third kappa shape index (κ3) is 4.46. The monoisotopic (exact) mass is 328 g/mol. The molecule has 1 aromatic rings. The molecule has 4 nitrogen and oxygen atoms in total. The maximum Gasteiger partial charge on any atom is 0.225 e. The van der Waals surface area contributed by atoms with Crippen molar-refractivity contribution in [1.82, 2.24) is 9.80 Å². The summed E-state index contributed by atoms with van der Waals surface area (Å²) in [5.41, 5.74) is 1.72. The Balaban J connectivity index is 1.57. The van der Waals surface area contributed by atoms with Crippen LogP contribution in [0, 0.1) is 0 Å². The molecule has 4 heteroatoms. The summed E-state index contributed by atoms with van der Waals surface area (Å²) in [6, 6.07) is 10.3. The van der Waals surface area contributed by atoms with Crippen LogP contribution >= 0.6 is 0 Å². The number of aliphatic hydroxyl groups is 1. The highest BCUT2D eigenvalue weighted by atomic mass is 16.3. The van der Waals surface area contributed by atoms with Crippen molar-refractivity contribution >= 4 is 5.91 Å². The molecule has 0 aliphatic carbocycles. The lowest BCUT2D eigenvalue weighted by atomic mass is 9.88. The van der Waals surface area contributed by atoms with E-state index in [2.05, 4.69) is 30.0 Å². The fourth-order valence-electron chi connectivity index (χ4n) is 3.72. The van der Waals surface area contributed by atoms with Gasteiger partial charge in [0, 0.05) is 26.2 Å². The number of hydrogen-bond acceptors (Lipinski definition) is 3. The third-order valence-corrected chi connectivity index (χ3v) is 5.15. The summed E-state index contributed by atoms with van der Waals surface area (Å²) in [5, 5.41) is 11.0. The largest absolute Gasteiger partial charge is 0.388 e. The van der Waals surface area contributed by atoms with Gasteiger partial charge in [0.2, 0.25) is 5.91 Å². The Labute approximate surface area is 144 Å². The fraction of sp³-hybridized carbons (Fsp3) is 0.550. The fourth-order valence-corrected chi connectivity index (χ4v) is 3.72. The predicted molar refractivity (Wildman–Crippen MR) is 95.5 cm³/mol. The molecule has 1 aromatic carbocycles. The third-order valence-electron chi connectivity index (χ3n) is 5.15. The number of benzene rings is 1. The van der Waals surface area contributed by atoms with Gasteiger partial charge in [0.15, 0.2) is 0 Å². The van der Waals surface area contributed by atoms with Gasteiger partial charge in [-0.2, -0.15) is 0 Å². The van der Waals surface area contributed by atoms with Crippen LogP contribution in [-0.2, 0) is 11.3 Å². The number of hydrogen-bond donors (Lipinski definition) is 1. The smallest absolute Gasteiger partial charge is 0.225 e. The normalized spacial score (nSPS) is 25.4. The summed E-state index contributed by atoms with van der Waals surface area (Å²) in [6.45, 7) is 5.98.